The summed E-state index contributed by atoms with van der Waals surface area (Å²) in [6.07, 6.45) is 0.839. The Morgan fingerprint density at radius 2 is 1.84 bits per heavy atom. The maximum absolute atomic E-state index is 14.1. The molecule has 6 nitrogen and oxygen atoms in total. The minimum absolute atomic E-state index is 0.0664. The van der Waals surface area contributed by atoms with Crippen LogP contribution in [-0.2, 0) is 14.3 Å². The highest BCUT2D eigenvalue weighted by molar-refractivity contribution is 9.10. The largest absolute Gasteiger partial charge is 0.493 e. The fraction of sp³-hybridized carbons (Fsp3) is 0.379. The van der Waals surface area contributed by atoms with Crippen LogP contribution in [0, 0.1) is 5.82 Å². The first kappa shape index (κ1) is 28.2. The first-order valence-corrected chi connectivity index (χ1v) is 14.4. The predicted molar refractivity (Wildman–Crippen MR) is 150 cm³/mol. The molecule has 0 spiro atoms. The molecule has 2 aliphatic rings. The quantitative estimate of drug-likeness (QED) is 0.268. The average Bonchev–Trinajstić information content (AvgIpc) is 2.91. The molecule has 0 saturated heterocycles. The van der Waals surface area contributed by atoms with E-state index in [-0.39, 0.29) is 29.2 Å². The number of hydrogen-bond donors (Lipinski definition) is 1. The Bertz CT molecular complexity index is 1310. The number of carbonyl (C=O) groups is 2. The van der Waals surface area contributed by atoms with Crippen LogP contribution in [0.5, 0.6) is 11.5 Å². The summed E-state index contributed by atoms with van der Waals surface area (Å²) in [6, 6.07) is 10.3. The Labute approximate surface area is 235 Å². The standard InChI is InChI=1S/C29H31BrFNO5S/c1-5-38-11-10-37-29(34)26-16(2)32-22-13-19(17-7-9-24(35-3)25(15-17)36-4)14-23(33)28(22)27(26)18-6-8-21(31)20(30)12-18/h6-9,12,15,19,27,32H,5,10-11,13-14H2,1-4H3/t19-,27+/m1/s1. The van der Waals surface area contributed by atoms with E-state index in [0.717, 1.165) is 17.0 Å². The van der Waals surface area contributed by atoms with Crippen molar-refractivity contribution in [2.24, 2.45) is 0 Å². The molecule has 2 aromatic carbocycles. The molecule has 9 heteroatoms. The molecule has 0 unspecified atom stereocenters. The van der Waals surface area contributed by atoms with E-state index in [2.05, 4.69) is 21.2 Å². The van der Waals surface area contributed by atoms with Gasteiger partial charge in [0.15, 0.2) is 17.3 Å². The maximum atomic E-state index is 14.1. The third-order valence-electron chi connectivity index (χ3n) is 6.87. The van der Waals surface area contributed by atoms with Crippen molar-refractivity contribution in [2.75, 3.05) is 32.3 Å². The zero-order valence-electron chi connectivity index (χ0n) is 21.9. The Morgan fingerprint density at radius 3 is 2.53 bits per heavy atom. The van der Waals surface area contributed by atoms with Crippen LogP contribution in [0.25, 0.3) is 0 Å². The van der Waals surface area contributed by atoms with Crippen molar-refractivity contribution in [2.45, 2.75) is 38.5 Å². The van der Waals surface area contributed by atoms with Crippen molar-refractivity contribution < 1.29 is 28.2 Å². The zero-order valence-corrected chi connectivity index (χ0v) is 24.3. The smallest absolute Gasteiger partial charge is 0.336 e. The lowest BCUT2D eigenvalue weighted by Gasteiger charge is -2.37. The van der Waals surface area contributed by atoms with Gasteiger partial charge in [-0.2, -0.15) is 11.8 Å². The van der Waals surface area contributed by atoms with E-state index < -0.39 is 17.7 Å². The molecule has 1 N–H and O–H groups in total. The highest BCUT2D eigenvalue weighted by atomic mass is 79.9. The van der Waals surface area contributed by atoms with E-state index in [1.165, 1.54) is 6.07 Å². The molecule has 202 valence electrons. The van der Waals surface area contributed by atoms with Crippen molar-refractivity contribution in [3.8, 4) is 11.5 Å². The molecule has 2 aromatic rings. The number of halogens is 2. The number of esters is 1. The summed E-state index contributed by atoms with van der Waals surface area (Å²) in [5.74, 6) is 1.15. The van der Waals surface area contributed by atoms with Crippen LogP contribution in [0.3, 0.4) is 0 Å². The first-order valence-electron chi connectivity index (χ1n) is 12.4. The molecular weight excluding hydrogens is 573 g/mol. The summed E-state index contributed by atoms with van der Waals surface area (Å²) in [6.45, 7) is 4.14. The summed E-state index contributed by atoms with van der Waals surface area (Å²) in [7, 11) is 3.16. The van der Waals surface area contributed by atoms with Crippen LogP contribution in [-0.4, -0.2) is 44.1 Å². The van der Waals surface area contributed by atoms with Gasteiger partial charge in [-0.25, -0.2) is 9.18 Å². The van der Waals surface area contributed by atoms with E-state index in [1.54, 1.807) is 38.1 Å². The molecule has 1 aliphatic carbocycles. The Hall–Kier alpha value is -2.78. The van der Waals surface area contributed by atoms with Gasteiger partial charge in [0.1, 0.15) is 12.4 Å². The van der Waals surface area contributed by atoms with Crippen molar-refractivity contribution >= 4 is 39.4 Å². The zero-order chi connectivity index (χ0) is 27.4. The second-order valence-electron chi connectivity index (χ2n) is 9.14. The lowest BCUT2D eigenvalue weighted by molar-refractivity contribution is -0.138. The van der Waals surface area contributed by atoms with Gasteiger partial charge in [0, 0.05) is 35.1 Å². The third kappa shape index (κ3) is 5.78. The predicted octanol–water partition coefficient (Wildman–Crippen LogP) is 6.26. The molecule has 0 bridgehead atoms. The van der Waals surface area contributed by atoms with Crippen LogP contribution < -0.4 is 14.8 Å². The lowest BCUT2D eigenvalue weighted by atomic mass is 9.71. The molecule has 0 radical (unpaired) electrons. The number of nitrogens with one attached hydrogen (secondary N) is 1. The van der Waals surface area contributed by atoms with Gasteiger partial charge in [0.05, 0.1) is 24.3 Å². The van der Waals surface area contributed by atoms with Crippen LogP contribution in [0.2, 0.25) is 0 Å². The number of carbonyl (C=O) groups excluding carboxylic acids is 2. The first-order chi connectivity index (χ1) is 18.3. The fourth-order valence-electron chi connectivity index (χ4n) is 5.09. The SMILES string of the molecule is CCSCCOC(=O)C1=C(C)NC2=C(C(=O)C[C@H](c3ccc(OC)c(OC)c3)C2)[C@H]1c1ccc(F)c(Br)c1. The van der Waals surface area contributed by atoms with E-state index >= 15 is 0 Å². The molecule has 1 heterocycles. The van der Waals surface area contributed by atoms with E-state index in [0.29, 0.717) is 46.1 Å². The lowest BCUT2D eigenvalue weighted by Crippen LogP contribution is -2.36. The fourth-order valence-corrected chi connectivity index (χ4v) is 5.98. The van der Waals surface area contributed by atoms with Gasteiger partial charge < -0.3 is 19.5 Å². The molecule has 0 saturated carbocycles. The molecule has 2 atom stereocenters. The molecule has 0 amide bonds. The summed E-state index contributed by atoms with van der Waals surface area (Å²) in [5.41, 5.74) is 3.91. The number of thioether (sulfide) groups is 1. The van der Waals surface area contributed by atoms with Gasteiger partial charge in [0.2, 0.25) is 0 Å². The number of benzene rings is 2. The maximum Gasteiger partial charge on any atom is 0.336 e. The van der Waals surface area contributed by atoms with Crippen LogP contribution in [0.4, 0.5) is 4.39 Å². The third-order valence-corrected chi connectivity index (χ3v) is 8.34. The number of ketones is 1. The number of dihydropyridines is 1. The second kappa shape index (κ2) is 12.4. The highest BCUT2D eigenvalue weighted by Crippen LogP contribution is 2.47. The van der Waals surface area contributed by atoms with Gasteiger partial charge in [0.25, 0.3) is 0 Å². The summed E-state index contributed by atoms with van der Waals surface area (Å²) in [5, 5.41) is 3.35. The van der Waals surface area contributed by atoms with Gasteiger partial charge in [-0.1, -0.05) is 19.1 Å². The van der Waals surface area contributed by atoms with Crippen LogP contribution in [0.15, 0.2) is 63.4 Å². The molecule has 1 aliphatic heterocycles. The number of rotatable bonds is 9. The number of hydrogen-bond acceptors (Lipinski definition) is 7. The molecule has 38 heavy (non-hydrogen) atoms. The van der Waals surface area contributed by atoms with Gasteiger partial charge >= 0.3 is 5.97 Å². The van der Waals surface area contributed by atoms with Crippen molar-refractivity contribution in [1.29, 1.82) is 0 Å². The summed E-state index contributed by atoms with van der Waals surface area (Å²) in [4.78, 5) is 27.1. The Kier molecular flexibility index (Phi) is 9.20. The van der Waals surface area contributed by atoms with Crippen molar-refractivity contribution in [3.05, 3.63) is 80.4 Å². The minimum Gasteiger partial charge on any atom is -0.493 e. The topological polar surface area (TPSA) is 73.9 Å². The number of allylic oxidation sites excluding steroid dienone is 3. The van der Waals surface area contributed by atoms with E-state index in [1.807, 2.05) is 32.0 Å². The number of methoxy groups -OCH3 is 2. The molecule has 0 fully saturated rings. The normalized spacial score (nSPS) is 19.2. The molecule has 0 aromatic heterocycles. The van der Waals surface area contributed by atoms with Gasteiger partial charge in [-0.15, -0.1) is 0 Å². The monoisotopic (exact) mass is 603 g/mol. The van der Waals surface area contributed by atoms with Crippen LogP contribution >= 0.6 is 27.7 Å². The second-order valence-corrected chi connectivity index (χ2v) is 11.4. The number of Topliss-reactive ketones (excluding diaryl/α,β-unsaturated/α-hetero) is 1. The highest BCUT2D eigenvalue weighted by Gasteiger charge is 2.41. The molecule has 4 rings (SSSR count). The van der Waals surface area contributed by atoms with E-state index in [4.69, 9.17) is 14.2 Å². The van der Waals surface area contributed by atoms with Crippen LogP contribution in [0.1, 0.15) is 49.7 Å². The van der Waals surface area contributed by atoms with Crippen molar-refractivity contribution in [1.82, 2.24) is 5.32 Å². The average molecular weight is 605 g/mol. The van der Waals surface area contributed by atoms with Crippen molar-refractivity contribution in [3.63, 3.8) is 0 Å². The molecular formula is C29H31BrFNO5S. The minimum atomic E-state index is -0.659. The Balaban J connectivity index is 1.73. The summed E-state index contributed by atoms with van der Waals surface area (Å²) < 4.78 is 30.8. The number of ether oxygens (including phenoxy) is 3. The van der Waals surface area contributed by atoms with E-state index in [9.17, 15) is 14.0 Å². The Morgan fingerprint density at radius 1 is 1.11 bits per heavy atom. The van der Waals surface area contributed by atoms with Gasteiger partial charge in [-0.05, 0) is 76.3 Å². The summed E-state index contributed by atoms with van der Waals surface area (Å²) >= 11 is 4.95. The van der Waals surface area contributed by atoms with Gasteiger partial charge in [-0.3, -0.25) is 4.79 Å².